The molecule has 0 heterocycles. The van der Waals surface area contributed by atoms with Crippen LogP contribution in [0.1, 0.15) is 67.7 Å². The molecule has 0 rings (SSSR count). The Morgan fingerprint density at radius 3 is 1.46 bits per heavy atom. The van der Waals surface area contributed by atoms with E-state index in [1.165, 1.54) is 19.3 Å². The highest BCUT2D eigenvalue weighted by Gasteiger charge is 1.94. The minimum Gasteiger partial charge on any atom is -0.0885 e. The van der Waals surface area contributed by atoms with E-state index in [-0.39, 0.29) is 0 Å². The first kappa shape index (κ1) is 18.5. The summed E-state index contributed by atoms with van der Waals surface area (Å²) in [6.07, 6.45) is 8.34. The van der Waals surface area contributed by atoms with Gasteiger partial charge < -0.3 is 0 Å². The van der Waals surface area contributed by atoms with Crippen molar-refractivity contribution in [2.24, 2.45) is 5.92 Å². The molecule has 0 amide bonds. The maximum atomic E-state index is 2.33. The van der Waals surface area contributed by atoms with E-state index in [0.717, 1.165) is 5.92 Å². The van der Waals surface area contributed by atoms with E-state index >= 15 is 0 Å². The molecule has 0 aliphatic heterocycles. The molecule has 0 radical (unpaired) electrons. The second-order valence-corrected chi connectivity index (χ2v) is 2.41. The standard InChI is InChI=1S/C9H18.2C2H6/c1-4-7-8-9(5-2)6-3;2*1-2/h7-9H,4-6H2,1-3H3;2*1-2H3/b8-7-;;. The molecule has 0 saturated carbocycles. The van der Waals surface area contributed by atoms with Gasteiger partial charge in [-0.2, -0.15) is 0 Å². The molecule has 0 fully saturated rings. The zero-order chi connectivity index (χ0) is 11.1. The van der Waals surface area contributed by atoms with Crippen molar-refractivity contribution in [3.8, 4) is 0 Å². The van der Waals surface area contributed by atoms with Crippen LogP contribution in [0.2, 0.25) is 0 Å². The number of hydrogen-bond acceptors (Lipinski definition) is 0. The van der Waals surface area contributed by atoms with Gasteiger partial charge in [0.1, 0.15) is 0 Å². The molecule has 0 aliphatic rings. The number of rotatable bonds is 4. The molecule has 0 atom stereocenters. The zero-order valence-corrected chi connectivity index (χ0v) is 10.9. The Kier molecular flexibility index (Phi) is 32.2. The van der Waals surface area contributed by atoms with Crippen molar-refractivity contribution in [2.45, 2.75) is 67.7 Å². The SMILES string of the molecule is CC.CC.CC/C=C\C(CC)CC. The van der Waals surface area contributed by atoms with E-state index in [4.69, 9.17) is 0 Å². The second-order valence-electron chi connectivity index (χ2n) is 2.41. The fraction of sp³-hybridized carbons (Fsp3) is 0.846. The van der Waals surface area contributed by atoms with Gasteiger partial charge in [-0.05, 0) is 25.2 Å². The average Bonchev–Trinajstić information content (AvgIpc) is 2.25. The summed E-state index contributed by atoms with van der Waals surface area (Å²) in [5.41, 5.74) is 0. The predicted octanol–water partition coefficient (Wildman–Crippen LogP) is 5.44. The summed E-state index contributed by atoms with van der Waals surface area (Å²) in [7, 11) is 0. The van der Waals surface area contributed by atoms with Crippen LogP contribution < -0.4 is 0 Å². The van der Waals surface area contributed by atoms with Crippen molar-refractivity contribution in [1.82, 2.24) is 0 Å². The van der Waals surface area contributed by atoms with Crippen LogP contribution in [0.15, 0.2) is 12.2 Å². The molecule has 0 N–H and O–H groups in total. The first-order chi connectivity index (χ1) is 6.35. The fourth-order valence-corrected chi connectivity index (χ4v) is 0.889. The molecule has 0 heteroatoms. The molecule has 0 aliphatic carbocycles. The lowest BCUT2D eigenvalue weighted by atomic mass is 10.0. The van der Waals surface area contributed by atoms with Crippen LogP contribution >= 0.6 is 0 Å². The third kappa shape index (κ3) is 18.6. The molecule has 82 valence electrons. The van der Waals surface area contributed by atoms with Crippen LogP contribution in [0.25, 0.3) is 0 Å². The number of allylic oxidation sites excluding steroid dienone is 2. The van der Waals surface area contributed by atoms with Gasteiger partial charge in [-0.15, -0.1) is 0 Å². The molecule has 0 bridgehead atoms. The van der Waals surface area contributed by atoms with Crippen molar-refractivity contribution in [1.29, 1.82) is 0 Å². The Morgan fingerprint density at radius 2 is 1.23 bits per heavy atom. The van der Waals surface area contributed by atoms with Crippen LogP contribution in [0.4, 0.5) is 0 Å². The first-order valence-electron chi connectivity index (χ1n) is 6.01. The van der Waals surface area contributed by atoms with Gasteiger partial charge in [-0.3, -0.25) is 0 Å². The highest BCUT2D eigenvalue weighted by molar-refractivity contribution is 4.85. The molecule has 0 spiro atoms. The van der Waals surface area contributed by atoms with Crippen LogP contribution in [0.3, 0.4) is 0 Å². The smallest absolute Gasteiger partial charge is 0.0239 e. The first-order valence-corrected chi connectivity index (χ1v) is 6.01. The lowest BCUT2D eigenvalue weighted by molar-refractivity contribution is 0.604. The Bertz CT molecular complexity index is 68.1. The minimum absolute atomic E-state index is 0.824. The summed E-state index contributed by atoms with van der Waals surface area (Å²) >= 11 is 0. The Morgan fingerprint density at radius 1 is 0.846 bits per heavy atom. The van der Waals surface area contributed by atoms with Gasteiger partial charge in [-0.25, -0.2) is 0 Å². The highest BCUT2D eigenvalue weighted by atomic mass is 14.0. The Hall–Kier alpha value is -0.260. The van der Waals surface area contributed by atoms with E-state index in [9.17, 15) is 0 Å². The highest BCUT2D eigenvalue weighted by Crippen LogP contribution is 2.08. The minimum atomic E-state index is 0.824. The molecular weight excluding hydrogens is 156 g/mol. The third-order valence-electron chi connectivity index (χ3n) is 1.69. The van der Waals surface area contributed by atoms with Crippen molar-refractivity contribution in [3.05, 3.63) is 12.2 Å². The summed E-state index contributed by atoms with van der Waals surface area (Å²) in [5, 5.41) is 0. The van der Waals surface area contributed by atoms with Gasteiger partial charge in [0.05, 0.1) is 0 Å². The third-order valence-corrected chi connectivity index (χ3v) is 1.69. The quantitative estimate of drug-likeness (QED) is 0.513. The monoisotopic (exact) mass is 186 g/mol. The molecule has 0 unspecified atom stereocenters. The summed E-state index contributed by atoms with van der Waals surface area (Å²) < 4.78 is 0. The van der Waals surface area contributed by atoms with Gasteiger partial charge >= 0.3 is 0 Å². The van der Waals surface area contributed by atoms with Crippen molar-refractivity contribution in [2.75, 3.05) is 0 Å². The molecule has 0 nitrogen and oxygen atoms in total. The summed E-state index contributed by atoms with van der Waals surface area (Å²) in [6.45, 7) is 14.7. The van der Waals surface area contributed by atoms with Gasteiger partial charge in [0.2, 0.25) is 0 Å². The van der Waals surface area contributed by atoms with E-state index in [1.54, 1.807) is 0 Å². The normalized spacial score (nSPS) is 8.92. The van der Waals surface area contributed by atoms with Gasteiger partial charge in [-0.1, -0.05) is 60.6 Å². The predicted molar refractivity (Wildman–Crippen MR) is 66.2 cm³/mol. The lowest BCUT2D eigenvalue weighted by Crippen LogP contribution is -1.89. The molecule has 0 aromatic carbocycles. The van der Waals surface area contributed by atoms with E-state index < -0.39 is 0 Å². The molecule has 13 heavy (non-hydrogen) atoms. The maximum absolute atomic E-state index is 2.33. The van der Waals surface area contributed by atoms with Crippen molar-refractivity contribution >= 4 is 0 Å². The zero-order valence-electron chi connectivity index (χ0n) is 10.9. The van der Waals surface area contributed by atoms with Crippen LogP contribution in [-0.4, -0.2) is 0 Å². The molecule has 0 saturated heterocycles. The fourth-order valence-electron chi connectivity index (χ4n) is 0.889. The largest absolute Gasteiger partial charge is 0.0885 e. The summed E-state index contributed by atoms with van der Waals surface area (Å²) in [6, 6.07) is 0. The van der Waals surface area contributed by atoms with E-state index in [0.29, 0.717) is 0 Å². The van der Waals surface area contributed by atoms with Crippen LogP contribution in [0, 0.1) is 5.92 Å². The van der Waals surface area contributed by atoms with Crippen molar-refractivity contribution < 1.29 is 0 Å². The van der Waals surface area contributed by atoms with Crippen molar-refractivity contribution in [3.63, 3.8) is 0 Å². The molecule has 0 aromatic rings. The van der Waals surface area contributed by atoms with E-state index in [1.807, 2.05) is 27.7 Å². The average molecular weight is 186 g/mol. The topological polar surface area (TPSA) is 0 Å². The van der Waals surface area contributed by atoms with Gasteiger partial charge in [0.15, 0.2) is 0 Å². The Labute approximate surface area is 86.4 Å². The lowest BCUT2D eigenvalue weighted by Gasteiger charge is -2.03. The maximum Gasteiger partial charge on any atom is -0.0239 e. The molecular formula is C13H30. The van der Waals surface area contributed by atoms with Gasteiger partial charge in [0, 0.05) is 0 Å². The second kappa shape index (κ2) is 22.6. The Balaban J connectivity index is -0.000000218. The van der Waals surface area contributed by atoms with Crippen LogP contribution in [-0.2, 0) is 0 Å². The van der Waals surface area contributed by atoms with Crippen LogP contribution in [0.5, 0.6) is 0 Å². The summed E-state index contributed by atoms with van der Waals surface area (Å²) in [5.74, 6) is 0.824. The number of hydrogen-bond donors (Lipinski definition) is 0. The van der Waals surface area contributed by atoms with E-state index in [2.05, 4.69) is 32.9 Å². The van der Waals surface area contributed by atoms with Gasteiger partial charge in [0.25, 0.3) is 0 Å². The summed E-state index contributed by atoms with van der Waals surface area (Å²) in [4.78, 5) is 0. The molecule has 0 aromatic heterocycles.